The number of anilines is 2. The van der Waals surface area contributed by atoms with Gasteiger partial charge in [-0.2, -0.15) is 0 Å². The van der Waals surface area contributed by atoms with Gasteiger partial charge in [0.2, 0.25) is 5.88 Å². The van der Waals surface area contributed by atoms with Gasteiger partial charge in [0.25, 0.3) is 10.0 Å². The minimum absolute atomic E-state index is 0.124. The second-order valence-electron chi connectivity index (χ2n) is 10.9. The zero-order chi connectivity index (χ0) is 32.2. The maximum atomic E-state index is 15.8. The molecular formula is C31H27F3N8O3S. The van der Waals surface area contributed by atoms with Gasteiger partial charge < -0.3 is 23.9 Å². The minimum atomic E-state index is -4.57. The second kappa shape index (κ2) is 11.3. The predicted octanol–water partition coefficient (Wildman–Crippen LogP) is 4.92. The van der Waals surface area contributed by atoms with E-state index in [0.29, 0.717) is 23.1 Å². The van der Waals surface area contributed by atoms with Crippen LogP contribution in [-0.4, -0.2) is 78.0 Å². The maximum absolute atomic E-state index is 15.8. The lowest BCUT2D eigenvalue weighted by Crippen LogP contribution is -2.44. The van der Waals surface area contributed by atoms with Gasteiger partial charge in [0.1, 0.15) is 23.7 Å². The number of halogens is 3. The number of piperazine rings is 1. The van der Waals surface area contributed by atoms with E-state index in [-0.39, 0.29) is 5.56 Å². The first kappa shape index (κ1) is 29.6. The summed E-state index contributed by atoms with van der Waals surface area (Å²) < 4.78 is 79.3. The van der Waals surface area contributed by atoms with E-state index in [1.54, 1.807) is 10.5 Å². The third kappa shape index (κ3) is 5.26. The highest BCUT2D eigenvalue weighted by molar-refractivity contribution is 7.92. The first-order chi connectivity index (χ1) is 22.1. The highest BCUT2D eigenvalue weighted by atomic mass is 32.2. The van der Waals surface area contributed by atoms with Gasteiger partial charge in [-0.1, -0.05) is 6.07 Å². The molecule has 7 rings (SSSR count). The summed E-state index contributed by atoms with van der Waals surface area (Å²) in [4.78, 5) is 20.2. The van der Waals surface area contributed by atoms with Gasteiger partial charge in [-0.05, 0) is 43.4 Å². The third-order valence-corrected chi connectivity index (χ3v) is 9.34. The fourth-order valence-corrected chi connectivity index (χ4v) is 6.74. The van der Waals surface area contributed by atoms with Crippen LogP contribution in [-0.2, 0) is 10.0 Å². The number of imidazole rings is 2. The number of sulfonamides is 1. The second-order valence-corrected chi connectivity index (χ2v) is 12.6. The summed E-state index contributed by atoms with van der Waals surface area (Å²) in [5.74, 6) is -2.87. The first-order valence-electron chi connectivity index (χ1n) is 14.2. The van der Waals surface area contributed by atoms with Crippen LogP contribution in [0.25, 0.3) is 39.2 Å². The molecule has 0 spiro atoms. The number of aromatic nitrogens is 5. The molecule has 2 aromatic carbocycles. The molecule has 11 nitrogen and oxygen atoms in total. The largest absolute Gasteiger partial charge is 0.480 e. The van der Waals surface area contributed by atoms with E-state index < -0.39 is 49.5 Å². The molecule has 236 valence electrons. The van der Waals surface area contributed by atoms with Gasteiger partial charge in [0.15, 0.2) is 16.5 Å². The molecule has 0 atom stereocenters. The molecule has 6 aromatic rings. The molecule has 4 aromatic heterocycles. The molecule has 0 radical (unpaired) electrons. The van der Waals surface area contributed by atoms with Crippen molar-refractivity contribution in [1.29, 1.82) is 0 Å². The summed E-state index contributed by atoms with van der Waals surface area (Å²) in [7, 11) is -1.30. The number of likely N-dealkylation sites (N-methyl/N-ethyl adjacent to an activating group) is 1. The molecule has 1 aliphatic rings. The zero-order valence-electron chi connectivity index (χ0n) is 24.6. The molecule has 0 unspecified atom stereocenters. The third-order valence-electron chi connectivity index (χ3n) is 7.98. The van der Waals surface area contributed by atoms with Crippen LogP contribution in [0, 0.1) is 17.5 Å². The quantitative estimate of drug-likeness (QED) is 0.251. The topological polar surface area (TPSA) is 121 Å². The summed E-state index contributed by atoms with van der Waals surface area (Å²) in [5, 5.41) is 0. The normalized spacial score (nSPS) is 14.3. The number of methoxy groups -OCH3 is 1. The minimum Gasteiger partial charge on any atom is -0.480 e. The highest BCUT2D eigenvalue weighted by Crippen LogP contribution is 2.34. The molecule has 1 aliphatic heterocycles. The Labute approximate surface area is 261 Å². The fourth-order valence-electron chi connectivity index (χ4n) is 5.55. The number of rotatable bonds is 7. The lowest BCUT2D eigenvalue weighted by Gasteiger charge is -2.34. The fraction of sp³-hybridized carbons (Fsp3) is 0.194. The molecule has 1 fully saturated rings. The number of hydrogen-bond donors (Lipinski definition) is 2. The smallest absolute Gasteiger partial charge is 0.267 e. The van der Waals surface area contributed by atoms with E-state index in [1.807, 2.05) is 6.07 Å². The van der Waals surface area contributed by atoms with Gasteiger partial charge in [0, 0.05) is 49.7 Å². The molecule has 15 heteroatoms. The number of pyridine rings is 2. The van der Waals surface area contributed by atoms with Crippen LogP contribution in [0.15, 0.2) is 72.1 Å². The van der Waals surface area contributed by atoms with Crippen molar-refractivity contribution in [1.82, 2.24) is 29.2 Å². The molecular weight excluding hydrogens is 621 g/mol. The van der Waals surface area contributed by atoms with Gasteiger partial charge in [-0.15, -0.1) is 0 Å². The molecule has 0 saturated carbocycles. The van der Waals surface area contributed by atoms with Gasteiger partial charge in [-0.3, -0.25) is 4.72 Å². The van der Waals surface area contributed by atoms with Crippen LogP contribution in [0.5, 0.6) is 5.88 Å². The molecule has 1 saturated heterocycles. The van der Waals surface area contributed by atoms with Crippen LogP contribution < -0.4 is 14.4 Å². The lowest BCUT2D eigenvalue weighted by molar-refractivity contribution is 0.313. The predicted molar refractivity (Wildman–Crippen MR) is 167 cm³/mol. The number of nitrogens with one attached hydrogen (secondary N) is 2. The summed E-state index contributed by atoms with van der Waals surface area (Å²) in [5.41, 5.74) is 3.03. The zero-order valence-corrected chi connectivity index (χ0v) is 25.4. The molecule has 2 N–H and O–H groups in total. The van der Waals surface area contributed by atoms with E-state index >= 15 is 8.78 Å². The van der Waals surface area contributed by atoms with E-state index in [0.717, 1.165) is 68.3 Å². The Morgan fingerprint density at radius 1 is 0.978 bits per heavy atom. The van der Waals surface area contributed by atoms with Crippen molar-refractivity contribution < 1.29 is 26.3 Å². The van der Waals surface area contributed by atoms with Gasteiger partial charge >= 0.3 is 0 Å². The average Bonchev–Trinajstić information content (AvgIpc) is 3.66. The van der Waals surface area contributed by atoms with Crippen molar-refractivity contribution in [3.05, 3.63) is 84.7 Å². The Bertz CT molecular complexity index is 2230. The number of fused-ring (bicyclic) bond motifs is 2. The standard InChI is InChI=1S/C31H27F3N8O3S/c1-40-9-11-41(12-10-40)20-4-6-22-24(14-20)38-30(37-22)29-25-8-3-18(16-42(25)17-36-29)27-21(33)5-7-23(28(27)34)39-46(43,44)26-13-19(32)15-35-31(26)45-2/h3-8,13-17,39H,9-12H2,1-2H3,(H,37,38). The van der Waals surface area contributed by atoms with Crippen molar-refractivity contribution in [2.24, 2.45) is 0 Å². The van der Waals surface area contributed by atoms with Crippen LogP contribution in [0.1, 0.15) is 0 Å². The summed E-state index contributed by atoms with van der Waals surface area (Å²) >= 11 is 0. The maximum Gasteiger partial charge on any atom is 0.267 e. The van der Waals surface area contributed by atoms with Gasteiger partial charge in [0.05, 0.1) is 41.1 Å². The molecule has 46 heavy (non-hydrogen) atoms. The highest BCUT2D eigenvalue weighted by Gasteiger charge is 2.26. The van der Waals surface area contributed by atoms with Crippen molar-refractivity contribution in [2.45, 2.75) is 4.90 Å². The van der Waals surface area contributed by atoms with Gasteiger partial charge in [-0.25, -0.2) is 36.5 Å². The Balaban J connectivity index is 1.20. The molecule has 0 amide bonds. The van der Waals surface area contributed by atoms with Crippen molar-refractivity contribution in [3.63, 3.8) is 0 Å². The Kier molecular flexibility index (Phi) is 7.28. The lowest BCUT2D eigenvalue weighted by atomic mass is 10.0. The molecule has 5 heterocycles. The summed E-state index contributed by atoms with van der Waals surface area (Å²) in [6.45, 7) is 3.85. The number of ether oxygens (including phenoxy) is 1. The Morgan fingerprint density at radius 3 is 2.57 bits per heavy atom. The van der Waals surface area contributed by atoms with E-state index in [1.165, 1.54) is 18.6 Å². The number of aromatic amines is 1. The van der Waals surface area contributed by atoms with E-state index in [2.05, 4.69) is 48.7 Å². The van der Waals surface area contributed by atoms with Crippen LogP contribution in [0.3, 0.4) is 0 Å². The summed E-state index contributed by atoms with van der Waals surface area (Å²) in [6, 6.07) is 11.8. The van der Waals surface area contributed by atoms with E-state index in [4.69, 9.17) is 9.72 Å². The number of H-pyrrole nitrogens is 1. The Morgan fingerprint density at radius 2 is 1.78 bits per heavy atom. The SMILES string of the molecule is COc1ncc(F)cc1S(=O)(=O)Nc1ccc(F)c(-c2ccc3c(-c4nc5ccc(N6CCN(C)CC6)cc5[nH]4)ncn3c2)c1F. The van der Waals surface area contributed by atoms with Crippen molar-refractivity contribution >= 4 is 37.9 Å². The average molecular weight is 649 g/mol. The van der Waals surface area contributed by atoms with Crippen molar-refractivity contribution in [2.75, 3.05) is 50.0 Å². The molecule has 0 aliphatic carbocycles. The van der Waals surface area contributed by atoms with Crippen LogP contribution in [0.2, 0.25) is 0 Å². The number of hydrogen-bond acceptors (Lipinski definition) is 8. The first-order valence-corrected chi connectivity index (χ1v) is 15.7. The summed E-state index contributed by atoms with van der Waals surface area (Å²) in [6.07, 6.45) is 3.77. The Hall–Kier alpha value is -5.15. The van der Waals surface area contributed by atoms with E-state index in [9.17, 15) is 12.8 Å². The van der Waals surface area contributed by atoms with Crippen LogP contribution in [0.4, 0.5) is 24.5 Å². The number of benzene rings is 2. The number of nitrogens with zero attached hydrogens (tertiary/aromatic N) is 6. The van der Waals surface area contributed by atoms with Crippen LogP contribution >= 0.6 is 0 Å². The van der Waals surface area contributed by atoms with Crippen molar-refractivity contribution in [3.8, 4) is 28.5 Å². The molecule has 0 bridgehead atoms. The monoisotopic (exact) mass is 648 g/mol.